The highest BCUT2D eigenvalue weighted by atomic mass is 35.5. The number of imidazole rings is 1. The van der Waals surface area contributed by atoms with Crippen LogP contribution in [0, 0.1) is 0 Å². The Hall–Kier alpha value is -3.27. The van der Waals surface area contributed by atoms with Crippen molar-refractivity contribution in [1.82, 2.24) is 15.3 Å². The van der Waals surface area contributed by atoms with Gasteiger partial charge in [0, 0.05) is 5.69 Å². The monoisotopic (exact) mass is 503 g/mol. The molecule has 0 spiro atoms. The van der Waals surface area contributed by atoms with E-state index in [9.17, 15) is 13.2 Å². The number of benzene rings is 3. The molecule has 0 bridgehead atoms. The van der Waals surface area contributed by atoms with Gasteiger partial charge in [0.15, 0.2) is 0 Å². The summed E-state index contributed by atoms with van der Waals surface area (Å²) in [4.78, 5) is 19.5. The summed E-state index contributed by atoms with van der Waals surface area (Å²) < 4.78 is 28.0. The first-order valence-corrected chi connectivity index (χ1v) is 12.0. The molecule has 1 aromatic heterocycles. The lowest BCUT2D eigenvalue weighted by Gasteiger charge is -2.17. The standard InChI is InChI=1S/C22H19Cl2N5O3S/c1-13(17-3-2-4-18(23)21(17)24)27-22(30)28-14-5-8-16(9-6-14)33(31,32)29-15-7-10-19-20(11-15)26-12-25-19/h2-13,29H,1H3,(H,25,26)(H2,27,28,30)/t13-/m0/s1. The van der Waals surface area contributed by atoms with Gasteiger partial charge in [0.2, 0.25) is 0 Å². The number of amides is 2. The van der Waals surface area contributed by atoms with Gasteiger partial charge in [-0.15, -0.1) is 0 Å². The van der Waals surface area contributed by atoms with Gasteiger partial charge in [-0.05, 0) is 61.0 Å². The van der Waals surface area contributed by atoms with Crippen LogP contribution in [0.2, 0.25) is 10.0 Å². The van der Waals surface area contributed by atoms with Crippen molar-refractivity contribution in [3.8, 4) is 0 Å². The number of aromatic amines is 1. The molecule has 3 aromatic carbocycles. The molecule has 1 heterocycles. The van der Waals surface area contributed by atoms with Crippen LogP contribution in [0.5, 0.6) is 0 Å². The summed E-state index contributed by atoms with van der Waals surface area (Å²) in [7, 11) is -3.81. The van der Waals surface area contributed by atoms with Crippen molar-refractivity contribution in [3.63, 3.8) is 0 Å². The third kappa shape index (κ3) is 5.22. The molecule has 1 atom stereocenters. The van der Waals surface area contributed by atoms with Gasteiger partial charge in [-0.25, -0.2) is 18.2 Å². The molecule has 8 nitrogen and oxygen atoms in total. The zero-order valence-corrected chi connectivity index (χ0v) is 19.6. The lowest BCUT2D eigenvalue weighted by Crippen LogP contribution is -2.31. The molecule has 0 radical (unpaired) electrons. The molecule has 0 aliphatic heterocycles. The summed E-state index contributed by atoms with van der Waals surface area (Å²) in [5, 5.41) is 6.22. The largest absolute Gasteiger partial charge is 0.345 e. The van der Waals surface area contributed by atoms with E-state index in [-0.39, 0.29) is 4.90 Å². The minimum atomic E-state index is -3.81. The zero-order valence-electron chi connectivity index (χ0n) is 17.3. The van der Waals surface area contributed by atoms with Crippen LogP contribution in [0.4, 0.5) is 16.2 Å². The van der Waals surface area contributed by atoms with E-state index in [2.05, 4.69) is 25.3 Å². The number of nitrogens with one attached hydrogen (secondary N) is 4. The third-order valence-electron chi connectivity index (χ3n) is 4.89. The number of anilines is 2. The lowest BCUT2D eigenvalue weighted by molar-refractivity contribution is 0.249. The molecular formula is C22H19Cl2N5O3S. The average molecular weight is 504 g/mol. The molecule has 2 amide bonds. The highest BCUT2D eigenvalue weighted by Crippen LogP contribution is 2.29. The maximum absolute atomic E-state index is 12.7. The Labute approximate surface area is 200 Å². The van der Waals surface area contributed by atoms with Crippen LogP contribution >= 0.6 is 23.2 Å². The predicted molar refractivity (Wildman–Crippen MR) is 130 cm³/mol. The molecule has 0 fully saturated rings. The molecule has 0 saturated heterocycles. The molecule has 0 aliphatic carbocycles. The van der Waals surface area contributed by atoms with Crippen LogP contribution in [0.1, 0.15) is 18.5 Å². The second-order valence-corrected chi connectivity index (χ2v) is 9.70. The van der Waals surface area contributed by atoms with Gasteiger partial charge >= 0.3 is 6.03 Å². The van der Waals surface area contributed by atoms with Crippen molar-refractivity contribution in [1.29, 1.82) is 0 Å². The minimum absolute atomic E-state index is 0.0530. The summed E-state index contributed by atoms with van der Waals surface area (Å²) in [5.74, 6) is 0. The van der Waals surface area contributed by atoms with Crippen molar-refractivity contribution in [2.24, 2.45) is 0 Å². The summed E-state index contributed by atoms with van der Waals surface area (Å²) >= 11 is 12.2. The van der Waals surface area contributed by atoms with Crippen LogP contribution in [-0.2, 0) is 10.0 Å². The number of H-pyrrole nitrogens is 1. The quantitative estimate of drug-likeness (QED) is 0.275. The van der Waals surface area contributed by atoms with E-state index in [0.29, 0.717) is 32.5 Å². The van der Waals surface area contributed by atoms with Gasteiger partial charge in [-0.1, -0.05) is 35.3 Å². The number of nitrogens with zero attached hydrogens (tertiary/aromatic N) is 1. The predicted octanol–water partition coefficient (Wildman–Crippen LogP) is 5.55. The Morgan fingerprint density at radius 1 is 1.03 bits per heavy atom. The summed E-state index contributed by atoms with van der Waals surface area (Å²) in [6.07, 6.45) is 1.54. The topological polar surface area (TPSA) is 116 Å². The first-order chi connectivity index (χ1) is 15.7. The Morgan fingerprint density at radius 2 is 1.76 bits per heavy atom. The SMILES string of the molecule is C[C@H](NC(=O)Nc1ccc(S(=O)(=O)Nc2ccc3nc[nH]c3c2)cc1)c1cccc(Cl)c1Cl. The summed E-state index contributed by atoms with van der Waals surface area (Å²) in [6.45, 7) is 1.78. The number of hydrogen-bond donors (Lipinski definition) is 4. The molecule has 11 heteroatoms. The van der Waals surface area contributed by atoms with Crippen molar-refractivity contribution < 1.29 is 13.2 Å². The van der Waals surface area contributed by atoms with Gasteiger partial charge in [0.25, 0.3) is 10.0 Å². The molecule has 170 valence electrons. The number of sulfonamides is 1. The van der Waals surface area contributed by atoms with E-state index >= 15 is 0 Å². The molecule has 0 unspecified atom stereocenters. The van der Waals surface area contributed by atoms with Crippen molar-refractivity contribution in [2.75, 3.05) is 10.0 Å². The van der Waals surface area contributed by atoms with Crippen molar-refractivity contribution in [2.45, 2.75) is 17.9 Å². The fraction of sp³-hybridized carbons (Fsp3) is 0.0909. The number of hydrogen-bond acceptors (Lipinski definition) is 4. The average Bonchev–Trinajstić information content (AvgIpc) is 3.23. The van der Waals surface area contributed by atoms with E-state index < -0.39 is 22.1 Å². The van der Waals surface area contributed by atoms with E-state index in [1.165, 1.54) is 30.6 Å². The van der Waals surface area contributed by atoms with Gasteiger partial charge < -0.3 is 15.6 Å². The van der Waals surface area contributed by atoms with Gasteiger partial charge in [0.05, 0.1) is 44.0 Å². The Balaban J connectivity index is 1.40. The number of fused-ring (bicyclic) bond motifs is 1. The Morgan fingerprint density at radius 3 is 2.52 bits per heavy atom. The van der Waals surface area contributed by atoms with E-state index in [4.69, 9.17) is 23.2 Å². The van der Waals surface area contributed by atoms with E-state index in [1.807, 2.05) is 0 Å². The highest BCUT2D eigenvalue weighted by molar-refractivity contribution is 7.92. The number of urea groups is 1. The number of carbonyl (C=O) groups is 1. The molecule has 4 N–H and O–H groups in total. The highest BCUT2D eigenvalue weighted by Gasteiger charge is 2.17. The Kier molecular flexibility index (Phi) is 6.46. The summed E-state index contributed by atoms with van der Waals surface area (Å²) in [5.41, 5.74) is 2.96. The van der Waals surface area contributed by atoms with Crippen LogP contribution in [-0.4, -0.2) is 24.4 Å². The van der Waals surface area contributed by atoms with Gasteiger partial charge in [-0.3, -0.25) is 4.72 Å². The van der Waals surface area contributed by atoms with Crippen LogP contribution < -0.4 is 15.4 Å². The van der Waals surface area contributed by atoms with Gasteiger partial charge in [-0.2, -0.15) is 0 Å². The maximum Gasteiger partial charge on any atom is 0.319 e. The van der Waals surface area contributed by atoms with Crippen LogP contribution in [0.3, 0.4) is 0 Å². The van der Waals surface area contributed by atoms with E-state index in [0.717, 1.165) is 5.52 Å². The van der Waals surface area contributed by atoms with Crippen molar-refractivity contribution in [3.05, 3.63) is 82.6 Å². The molecule has 0 aliphatic rings. The summed E-state index contributed by atoms with van der Waals surface area (Å²) in [6, 6.07) is 15.2. The number of halogens is 2. The minimum Gasteiger partial charge on any atom is -0.345 e. The van der Waals surface area contributed by atoms with Crippen LogP contribution in [0.25, 0.3) is 11.0 Å². The molecule has 4 aromatic rings. The normalized spacial score (nSPS) is 12.3. The smallest absolute Gasteiger partial charge is 0.319 e. The zero-order chi connectivity index (χ0) is 23.6. The van der Waals surface area contributed by atoms with E-state index in [1.54, 1.807) is 43.3 Å². The molecule has 4 rings (SSSR count). The number of carbonyl (C=O) groups excluding carboxylic acids is 1. The van der Waals surface area contributed by atoms with Crippen LogP contribution in [0.15, 0.2) is 71.9 Å². The fourth-order valence-electron chi connectivity index (χ4n) is 3.23. The molecular weight excluding hydrogens is 485 g/mol. The lowest BCUT2D eigenvalue weighted by atomic mass is 10.1. The fourth-order valence-corrected chi connectivity index (χ4v) is 4.75. The Bertz CT molecular complexity index is 1420. The second kappa shape index (κ2) is 9.30. The number of aromatic nitrogens is 2. The number of rotatable bonds is 6. The molecule has 33 heavy (non-hydrogen) atoms. The maximum atomic E-state index is 12.7. The third-order valence-corrected chi connectivity index (χ3v) is 7.12. The molecule has 0 saturated carbocycles. The van der Waals surface area contributed by atoms with Gasteiger partial charge in [0.1, 0.15) is 0 Å². The first kappa shape index (κ1) is 22.9. The second-order valence-electron chi connectivity index (χ2n) is 7.23. The van der Waals surface area contributed by atoms with Crippen molar-refractivity contribution >= 4 is 61.7 Å². The first-order valence-electron chi connectivity index (χ1n) is 9.80.